The normalized spacial score (nSPS) is 22.7. The van der Waals surface area contributed by atoms with Gasteiger partial charge in [0.25, 0.3) is 5.56 Å². The Morgan fingerprint density at radius 2 is 2.36 bits per heavy atom. The summed E-state index contributed by atoms with van der Waals surface area (Å²) in [6.07, 6.45) is 2.73. The lowest BCUT2D eigenvalue weighted by Crippen LogP contribution is -2.38. The number of nitrogens with one attached hydrogen (secondary N) is 2. The lowest BCUT2D eigenvalue weighted by atomic mass is 10.00. The molecule has 2 N–H and O–H groups in total. The topological polar surface area (TPSA) is 44.9 Å². The zero-order valence-corrected chi connectivity index (χ0v) is 6.13. The average Bonchev–Trinajstić information content (AvgIpc) is 1.90. The molecule has 1 fully saturated rings. The summed E-state index contributed by atoms with van der Waals surface area (Å²) in [7, 11) is 0. The van der Waals surface area contributed by atoms with Crippen molar-refractivity contribution in [3.05, 3.63) is 34.2 Å². The van der Waals surface area contributed by atoms with E-state index in [0.29, 0.717) is 6.04 Å². The number of aromatic amines is 1. The van der Waals surface area contributed by atoms with E-state index in [1.54, 1.807) is 6.20 Å². The van der Waals surface area contributed by atoms with Crippen molar-refractivity contribution in [3.63, 3.8) is 0 Å². The van der Waals surface area contributed by atoms with Crippen LogP contribution in [0, 0.1) is 0 Å². The van der Waals surface area contributed by atoms with E-state index in [4.69, 9.17) is 0 Å². The van der Waals surface area contributed by atoms with Gasteiger partial charge >= 0.3 is 0 Å². The quantitative estimate of drug-likeness (QED) is 0.609. The molecule has 11 heavy (non-hydrogen) atoms. The molecule has 1 saturated heterocycles. The molecule has 3 heteroatoms. The Bertz CT molecular complexity index is 301. The van der Waals surface area contributed by atoms with Crippen molar-refractivity contribution in [2.75, 3.05) is 6.54 Å². The molecular formula is C8H10N2O. The van der Waals surface area contributed by atoms with Gasteiger partial charge in [-0.25, -0.2) is 0 Å². The first-order valence-electron chi connectivity index (χ1n) is 3.79. The van der Waals surface area contributed by atoms with Gasteiger partial charge in [-0.05, 0) is 19.0 Å². The van der Waals surface area contributed by atoms with E-state index in [2.05, 4.69) is 10.3 Å². The maximum atomic E-state index is 11.2. The third-order valence-corrected chi connectivity index (χ3v) is 2.05. The van der Waals surface area contributed by atoms with Crippen molar-refractivity contribution >= 4 is 0 Å². The molecule has 1 unspecified atom stereocenters. The Morgan fingerprint density at radius 3 is 2.91 bits per heavy atom. The summed E-state index contributed by atoms with van der Waals surface area (Å²) >= 11 is 0. The Hall–Kier alpha value is -1.09. The molecule has 0 amide bonds. The number of pyridine rings is 1. The maximum absolute atomic E-state index is 11.2. The molecule has 1 aromatic heterocycles. The average molecular weight is 150 g/mol. The van der Waals surface area contributed by atoms with Crippen molar-refractivity contribution in [1.29, 1.82) is 0 Å². The van der Waals surface area contributed by atoms with Gasteiger partial charge < -0.3 is 10.3 Å². The van der Waals surface area contributed by atoms with Crippen LogP contribution in [-0.2, 0) is 0 Å². The van der Waals surface area contributed by atoms with Crippen LogP contribution in [0.1, 0.15) is 18.0 Å². The fourth-order valence-corrected chi connectivity index (χ4v) is 1.26. The molecule has 0 radical (unpaired) electrons. The van der Waals surface area contributed by atoms with Crippen LogP contribution in [0.4, 0.5) is 0 Å². The summed E-state index contributed by atoms with van der Waals surface area (Å²) in [4.78, 5) is 13.8. The van der Waals surface area contributed by atoms with Gasteiger partial charge in [0.1, 0.15) is 0 Å². The molecule has 1 aromatic rings. The Kier molecular flexibility index (Phi) is 1.51. The minimum Gasteiger partial charge on any atom is -0.329 e. The minimum absolute atomic E-state index is 0.0321. The minimum atomic E-state index is 0.0321. The lowest BCUT2D eigenvalue weighted by molar-refractivity contribution is 0.380. The van der Waals surface area contributed by atoms with Gasteiger partial charge in [-0.2, -0.15) is 0 Å². The molecule has 1 atom stereocenters. The first-order valence-corrected chi connectivity index (χ1v) is 3.79. The molecule has 1 aliphatic rings. The summed E-state index contributed by atoms with van der Waals surface area (Å²) in [6, 6.07) is 4.02. The van der Waals surface area contributed by atoms with Crippen molar-refractivity contribution in [1.82, 2.24) is 10.3 Å². The van der Waals surface area contributed by atoms with Crippen LogP contribution in [0.25, 0.3) is 0 Å². The third-order valence-electron chi connectivity index (χ3n) is 2.05. The van der Waals surface area contributed by atoms with Crippen LogP contribution in [0.3, 0.4) is 0 Å². The number of hydrogen-bond donors (Lipinski definition) is 2. The van der Waals surface area contributed by atoms with Gasteiger partial charge in [0.2, 0.25) is 0 Å². The molecule has 2 heterocycles. The van der Waals surface area contributed by atoms with Crippen molar-refractivity contribution in [2.24, 2.45) is 0 Å². The molecule has 0 saturated carbocycles. The summed E-state index contributed by atoms with van der Waals surface area (Å²) in [6.45, 7) is 1.03. The van der Waals surface area contributed by atoms with Crippen molar-refractivity contribution in [3.8, 4) is 0 Å². The van der Waals surface area contributed by atoms with Crippen LogP contribution >= 0.6 is 0 Å². The molecule has 2 rings (SSSR count). The van der Waals surface area contributed by atoms with E-state index in [1.807, 2.05) is 12.1 Å². The number of rotatable bonds is 1. The van der Waals surface area contributed by atoms with Crippen LogP contribution in [0.2, 0.25) is 0 Å². The van der Waals surface area contributed by atoms with Gasteiger partial charge in [-0.15, -0.1) is 0 Å². The fraction of sp³-hybridized carbons (Fsp3) is 0.375. The summed E-state index contributed by atoms with van der Waals surface area (Å²) < 4.78 is 0. The standard InChI is InChI=1S/C8H10N2O/c11-8-6(2-1-4-10-8)7-3-5-9-7/h1-2,4,7,9H,3,5H2,(H,10,11). The molecule has 0 aliphatic carbocycles. The molecule has 58 valence electrons. The zero-order valence-electron chi connectivity index (χ0n) is 6.13. The maximum Gasteiger partial charge on any atom is 0.252 e. The highest BCUT2D eigenvalue weighted by atomic mass is 16.1. The van der Waals surface area contributed by atoms with E-state index in [0.717, 1.165) is 18.5 Å². The van der Waals surface area contributed by atoms with Crippen LogP contribution in [0.15, 0.2) is 23.1 Å². The molecular weight excluding hydrogens is 140 g/mol. The second-order valence-corrected chi connectivity index (χ2v) is 2.75. The number of aromatic nitrogens is 1. The Balaban J connectivity index is 2.36. The molecule has 0 aromatic carbocycles. The molecule has 0 bridgehead atoms. The van der Waals surface area contributed by atoms with E-state index >= 15 is 0 Å². The second kappa shape index (κ2) is 2.51. The first kappa shape index (κ1) is 6.61. The fourth-order valence-electron chi connectivity index (χ4n) is 1.26. The number of H-pyrrole nitrogens is 1. The highest BCUT2D eigenvalue weighted by molar-refractivity contribution is 5.16. The Morgan fingerprint density at radius 1 is 1.55 bits per heavy atom. The summed E-state index contributed by atoms with van der Waals surface area (Å²) in [5, 5.41) is 3.18. The molecule has 1 aliphatic heterocycles. The van der Waals surface area contributed by atoms with E-state index in [1.165, 1.54) is 0 Å². The third kappa shape index (κ3) is 1.07. The number of hydrogen-bond acceptors (Lipinski definition) is 2. The smallest absolute Gasteiger partial charge is 0.252 e. The van der Waals surface area contributed by atoms with Gasteiger partial charge in [-0.3, -0.25) is 4.79 Å². The van der Waals surface area contributed by atoms with Crippen molar-refractivity contribution in [2.45, 2.75) is 12.5 Å². The van der Waals surface area contributed by atoms with Crippen molar-refractivity contribution < 1.29 is 0 Å². The summed E-state index contributed by atoms with van der Waals surface area (Å²) in [5.74, 6) is 0. The van der Waals surface area contributed by atoms with Crippen LogP contribution in [-0.4, -0.2) is 11.5 Å². The molecule has 0 spiro atoms. The predicted octanol–water partition coefficient (Wildman–Crippen LogP) is 0.409. The monoisotopic (exact) mass is 150 g/mol. The van der Waals surface area contributed by atoms with Gasteiger partial charge in [0.15, 0.2) is 0 Å². The zero-order chi connectivity index (χ0) is 7.68. The first-order chi connectivity index (χ1) is 5.38. The largest absolute Gasteiger partial charge is 0.329 e. The lowest BCUT2D eigenvalue weighted by Gasteiger charge is -2.26. The van der Waals surface area contributed by atoms with E-state index in [9.17, 15) is 4.79 Å². The SMILES string of the molecule is O=c1[nH]cccc1C1CCN1. The summed E-state index contributed by atoms with van der Waals surface area (Å²) in [5.41, 5.74) is 0.892. The van der Waals surface area contributed by atoms with Gasteiger partial charge in [-0.1, -0.05) is 6.07 Å². The van der Waals surface area contributed by atoms with Gasteiger partial charge in [0.05, 0.1) is 0 Å². The second-order valence-electron chi connectivity index (χ2n) is 2.75. The molecule has 3 nitrogen and oxygen atoms in total. The van der Waals surface area contributed by atoms with E-state index < -0.39 is 0 Å². The highest BCUT2D eigenvalue weighted by Crippen LogP contribution is 2.18. The predicted molar refractivity (Wildman–Crippen MR) is 42.4 cm³/mol. The van der Waals surface area contributed by atoms with Crippen LogP contribution < -0.4 is 10.9 Å². The Labute approximate surface area is 64.5 Å². The highest BCUT2D eigenvalue weighted by Gasteiger charge is 2.20. The van der Waals surface area contributed by atoms with Crippen LogP contribution in [0.5, 0.6) is 0 Å². The van der Waals surface area contributed by atoms with Gasteiger partial charge in [0, 0.05) is 17.8 Å². The van der Waals surface area contributed by atoms with E-state index in [-0.39, 0.29) is 5.56 Å².